The lowest BCUT2D eigenvalue weighted by molar-refractivity contribution is 0.256. The molecule has 8 nitrogen and oxygen atoms in total. The molecule has 2 aromatic rings. The van der Waals surface area contributed by atoms with Gasteiger partial charge in [0.2, 0.25) is 4.34 Å². The lowest BCUT2D eigenvalue weighted by Crippen LogP contribution is -2.34. The topological polar surface area (TPSA) is 124 Å². The summed E-state index contributed by atoms with van der Waals surface area (Å²) in [7, 11) is -6.06. The van der Waals surface area contributed by atoms with E-state index in [-0.39, 0.29) is 4.34 Å². The Morgan fingerprint density at radius 3 is 2.83 bits per heavy atom. The molecule has 0 aliphatic heterocycles. The van der Waals surface area contributed by atoms with Crippen LogP contribution in [-0.2, 0) is 38.9 Å². The standard InChI is InChI=1S/C18H21N5O3S3/c1-28(2,25)22-15-10-20-18(27-15)29(19,26)23-17(24)21-16-13-7-3-5-11(13)9-12-6-4-8-14(12)16/h3,5,9-10H,4,6-8H2,1-2H3,(H3,19,21,23,24,26). The molecule has 3 N–H and O–H groups in total. The van der Waals surface area contributed by atoms with E-state index in [0.29, 0.717) is 5.00 Å². The van der Waals surface area contributed by atoms with Crippen molar-refractivity contribution in [2.24, 2.45) is 4.36 Å². The third kappa shape index (κ3) is 4.21. The van der Waals surface area contributed by atoms with Crippen LogP contribution < -0.4 is 10.0 Å². The molecule has 1 atom stereocenters. The van der Waals surface area contributed by atoms with Crippen molar-refractivity contribution in [2.75, 3.05) is 17.8 Å². The molecular weight excluding hydrogens is 430 g/mol. The van der Waals surface area contributed by atoms with Crippen molar-refractivity contribution in [3.05, 3.63) is 40.6 Å². The number of carbonyl (C=O) groups is 1. The first kappa shape index (κ1) is 20.0. The van der Waals surface area contributed by atoms with Gasteiger partial charge in [0.25, 0.3) is 0 Å². The molecule has 0 saturated heterocycles. The third-order valence-corrected chi connectivity index (χ3v) is 8.13. The highest BCUT2D eigenvalue weighted by Gasteiger charge is 2.25. The molecule has 0 radical (unpaired) electrons. The Morgan fingerprint density at radius 1 is 1.28 bits per heavy atom. The van der Waals surface area contributed by atoms with Gasteiger partial charge in [0.05, 0.1) is 6.20 Å². The molecule has 1 aromatic carbocycles. The minimum atomic E-state index is -3.67. The Kier molecular flexibility index (Phi) is 4.99. The number of hydrogen-bond donors (Lipinski definition) is 3. The summed E-state index contributed by atoms with van der Waals surface area (Å²) >= 11 is 0.883. The van der Waals surface area contributed by atoms with Crippen molar-refractivity contribution in [3.8, 4) is 0 Å². The second-order valence-corrected chi connectivity index (χ2v) is 12.8. The third-order valence-electron chi connectivity index (χ3n) is 4.66. The van der Waals surface area contributed by atoms with Crippen LogP contribution in [0.5, 0.6) is 0 Å². The number of nitrogens with zero attached hydrogens (tertiary/aromatic N) is 2. The highest BCUT2D eigenvalue weighted by Crippen LogP contribution is 2.37. The summed E-state index contributed by atoms with van der Waals surface area (Å²) < 4.78 is 38.8. The maximum Gasteiger partial charge on any atom is 0.332 e. The Hall–Kier alpha value is -2.24. The van der Waals surface area contributed by atoms with E-state index in [1.807, 2.05) is 6.08 Å². The van der Waals surface area contributed by atoms with E-state index in [1.165, 1.54) is 24.3 Å². The number of aryl methyl sites for hydroxylation is 1. The summed E-state index contributed by atoms with van der Waals surface area (Å²) in [5.41, 5.74) is 5.26. The smallest absolute Gasteiger partial charge is 0.307 e. The highest BCUT2D eigenvalue weighted by molar-refractivity contribution is 7.93. The van der Waals surface area contributed by atoms with E-state index in [9.17, 15) is 13.2 Å². The summed E-state index contributed by atoms with van der Waals surface area (Å²) in [4.78, 5) is 16.5. The van der Waals surface area contributed by atoms with Gasteiger partial charge in [-0.15, -0.1) is 0 Å². The molecule has 0 saturated carbocycles. The first-order chi connectivity index (χ1) is 13.6. The molecule has 2 aliphatic rings. The van der Waals surface area contributed by atoms with E-state index >= 15 is 0 Å². The number of aromatic nitrogens is 1. The summed E-state index contributed by atoms with van der Waals surface area (Å²) in [6.07, 6.45) is 12.0. The average molecular weight is 452 g/mol. The maximum absolute atomic E-state index is 12.8. The number of hydrogen-bond acceptors (Lipinski definition) is 7. The molecule has 2 amide bonds. The zero-order chi connectivity index (χ0) is 20.8. The van der Waals surface area contributed by atoms with Crippen molar-refractivity contribution in [1.82, 2.24) is 9.71 Å². The summed E-state index contributed by atoms with van der Waals surface area (Å²) in [6, 6.07) is 1.47. The van der Waals surface area contributed by atoms with Gasteiger partial charge in [-0.3, -0.25) is 0 Å². The maximum atomic E-state index is 12.8. The fourth-order valence-corrected chi connectivity index (χ4v) is 6.60. The van der Waals surface area contributed by atoms with Crippen LogP contribution in [0.15, 0.2) is 27.0 Å². The number of nitrogens with one attached hydrogen (secondary N) is 3. The molecule has 1 unspecified atom stereocenters. The Morgan fingerprint density at radius 2 is 2.07 bits per heavy atom. The van der Waals surface area contributed by atoms with E-state index in [0.717, 1.165) is 59.4 Å². The Balaban J connectivity index is 1.56. The number of fused-ring (bicyclic) bond motifs is 2. The molecule has 0 spiro atoms. The zero-order valence-corrected chi connectivity index (χ0v) is 18.4. The van der Waals surface area contributed by atoms with Gasteiger partial charge in [0, 0.05) is 27.9 Å². The Bertz CT molecular complexity index is 1260. The second-order valence-electron chi connectivity index (χ2n) is 7.27. The fourth-order valence-electron chi connectivity index (χ4n) is 3.59. The number of amides is 2. The van der Waals surface area contributed by atoms with Crippen LogP contribution in [0.25, 0.3) is 6.08 Å². The minimum absolute atomic E-state index is 0.0831. The molecule has 29 heavy (non-hydrogen) atoms. The van der Waals surface area contributed by atoms with Gasteiger partial charge >= 0.3 is 6.03 Å². The quantitative estimate of drug-likeness (QED) is 0.655. The molecule has 154 valence electrons. The molecular formula is C18H21N5O3S3. The number of carbonyl (C=O) groups excluding carboxylic acids is 1. The van der Waals surface area contributed by atoms with Gasteiger partial charge in [-0.05, 0) is 47.9 Å². The summed E-state index contributed by atoms with van der Waals surface area (Å²) in [6.45, 7) is 0. The summed E-state index contributed by atoms with van der Waals surface area (Å²) in [5.74, 6) is 0. The number of benzene rings is 1. The highest BCUT2D eigenvalue weighted by atomic mass is 32.2. The van der Waals surface area contributed by atoms with Crippen molar-refractivity contribution in [3.63, 3.8) is 0 Å². The van der Waals surface area contributed by atoms with Gasteiger partial charge in [-0.1, -0.05) is 29.6 Å². The normalized spacial score (nSPS) is 16.8. The van der Waals surface area contributed by atoms with E-state index < -0.39 is 25.7 Å². The van der Waals surface area contributed by atoms with Crippen molar-refractivity contribution >= 4 is 53.8 Å². The van der Waals surface area contributed by atoms with Gasteiger partial charge in [-0.25, -0.2) is 27.7 Å². The van der Waals surface area contributed by atoms with Crippen molar-refractivity contribution < 1.29 is 13.2 Å². The van der Waals surface area contributed by atoms with Crippen LogP contribution in [0.2, 0.25) is 0 Å². The van der Waals surface area contributed by atoms with Gasteiger partial charge < -0.3 is 5.32 Å². The van der Waals surface area contributed by atoms with Crippen molar-refractivity contribution in [1.29, 1.82) is 4.78 Å². The van der Waals surface area contributed by atoms with Gasteiger partial charge in [-0.2, -0.15) is 4.36 Å². The Labute approximate surface area is 174 Å². The van der Waals surface area contributed by atoms with Gasteiger partial charge in [0.15, 0.2) is 9.92 Å². The van der Waals surface area contributed by atoms with Crippen LogP contribution in [0.3, 0.4) is 0 Å². The molecule has 0 bridgehead atoms. The van der Waals surface area contributed by atoms with E-state index in [1.54, 1.807) is 0 Å². The predicted octanol–water partition coefficient (Wildman–Crippen LogP) is 3.70. The monoisotopic (exact) mass is 451 g/mol. The minimum Gasteiger partial charge on any atom is -0.307 e. The number of thiazole rings is 1. The van der Waals surface area contributed by atoms with Crippen LogP contribution in [0.1, 0.15) is 28.7 Å². The molecule has 2 aliphatic carbocycles. The second kappa shape index (κ2) is 7.22. The molecule has 0 fully saturated rings. The van der Waals surface area contributed by atoms with Crippen LogP contribution >= 0.6 is 11.3 Å². The molecule has 1 aromatic heterocycles. The van der Waals surface area contributed by atoms with Gasteiger partial charge in [0.1, 0.15) is 5.00 Å². The number of urea groups is 1. The van der Waals surface area contributed by atoms with E-state index in [2.05, 4.69) is 31.5 Å². The number of anilines is 1. The van der Waals surface area contributed by atoms with Crippen LogP contribution in [0.4, 0.5) is 15.5 Å². The largest absolute Gasteiger partial charge is 0.332 e. The first-order valence-corrected chi connectivity index (χ1v) is 13.7. The first-order valence-electron chi connectivity index (χ1n) is 8.97. The number of allylic oxidation sites excluding steroid dienone is 1. The zero-order valence-electron chi connectivity index (χ0n) is 16.0. The SMILES string of the molecule is CS(C)(=O)=Nc1cnc(S(=N)(=O)NC(=O)Nc2c3c(cc4c2CCC4)C=CC3)s1. The fraction of sp³-hybridized carbons (Fsp3) is 0.333. The van der Waals surface area contributed by atoms with E-state index in [4.69, 9.17) is 4.78 Å². The predicted molar refractivity (Wildman–Crippen MR) is 117 cm³/mol. The molecule has 11 heteroatoms. The summed E-state index contributed by atoms with van der Waals surface area (Å²) in [5, 5.41) is 3.14. The van der Waals surface area contributed by atoms with Crippen LogP contribution in [-0.4, -0.2) is 31.9 Å². The van der Waals surface area contributed by atoms with Crippen molar-refractivity contribution in [2.45, 2.75) is 30.0 Å². The van der Waals surface area contributed by atoms with Crippen LogP contribution in [0, 0.1) is 4.78 Å². The number of rotatable bonds is 4. The lowest BCUT2D eigenvalue weighted by Gasteiger charge is -2.16. The lowest BCUT2D eigenvalue weighted by atomic mass is 9.98. The molecule has 4 rings (SSSR count). The molecule has 1 heterocycles. The average Bonchev–Trinajstić information content (AvgIpc) is 3.31.